The van der Waals surface area contributed by atoms with E-state index in [0.717, 1.165) is 10.4 Å². The van der Waals surface area contributed by atoms with Gasteiger partial charge in [-0.2, -0.15) is 4.68 Å². The van der Waals surface area contributed by atoms with Gasteiger partial charge in [0, 0.05) is 25.1 Å². The Morgan fingerprint density at radius 3 is 2.71 bits per heavy atom. The summed E-state index contributed by atoms with van der Waals surface area (Å²) in [5, 5.41) is 6.92. The zero-order chi connectivity index (χ0) is 19.9. The number of carbonyl (C=O) groups excluding carboxylic acids is 1. The van der Waals surface area contributed by atoms with Crippen LogP contribution in [0.3, 0.4) is 0 Å². The monoisotopic (exact) mass is 385 g/mol. The predicted molar refractivity (Wildman–Crippen MR) is 99.9 cm³/mol. The summed E-state index contributed by atoms with van der Waals surface area (Å²) in [6.45, 7) is 2.22. The van der Waals surface area contributed by atoms with Gasteiger partial charge >= 0.3 is 0 Å². The number of benzene rings is 1. The van der Waals surface area contributed by atoms with E-state index < -0.39 is 17.5 Å². The maximum absolute atomic E-state index is 13.1. The lowest BCUT2D eigenvalue weighted by Gasteiger charge is -2.17. The number of ether oxygens (including phenoxy) is 1. The second-order valence-corrected chi connectivity index (χ2v) is 6.03. The van der Waals surface area contributed by atoms with Gasteiger partial charge in [-0.1, -0.05) is 6.92 Å². The largest absolute Gasteiger partial charge is 0.469 e. The van der Waals surface area contributed by atoms with Crippen LogP contribution in [0.1, 0.15) is 19.1 Å². The topological polar surface area (TPSA) is 86.4 Å². The molecule has 0 unspecified atom stereocenters. The molecule has 3 rings (SSSR count). The predicted octanol–water partition coefficient (Wildman–Crippen LogP) is 2.48. The van der Waals surface area contributed by atoms with Crippen molar-refractivity contribution in [1.29, 1.82) is 0 Å². The molecule has 0 aliphatic carbocycles. The van der Waals surface area contributed by atoms with Crippen LogP contribution in [0, 0.1) is 5.82 Å². The van der Waals surface area contributed by atoms with Crippen molar-refractivity contribution >= 4 is 5.91 Å². The maximum atomic E-state index is 13.1. The van der Waals surface area contributed by atoms with E-state index in [4.69, 9.17) is 9.15 Å². The Balaban J connectivity index is 1.66. The molecule has 2 aromatic heterocycles. The highest BCUT2D eigenvalue weighted by Crippen LogP contribution is 2.11. The fraction of sp³-hybridized carbons (Fsp3) is 0.250. The summed E-state index contributed by atoms with van der Waals surface area (Å²) < 4.78 is 25.1. The molecule has 3 aromatic rings. The van der Waals surface area contributed by atoms with Crippen LogP contribution in [0.5, 0.6) is 5.88 Å². The van der Waals surface area contributed by atoms with Gasteiger partial charge in [0.15, 0.2) is 6.10 Å². The minimum atomic E-state index is -0.761. The normalized spacial score (nSPS) is 11.8. The van der Waals surface area contributed by atoms with Crippen molar-refractivity contribution < 1.29 is 18.3 Å². The van der Waals surface area contributed by atoms with E-state index in [1.807, 2.05) is 13.0 Å². The number of rotatable bonds is 8. The summed E-state index contributed by atoms with van der Waals surface area (Å²) in [5.41, 5.74) is 0.00250. The van der Waals surface area contributed by atoms with Crippen LogP contribution in [0.25, 0.3) is 5.69 Å². The summed E-state index contributed by atoms with van der Waals surface area (Å²) in [7, 11) is 0. The second-order valence-electron chi connectivity index (χ2n) is 6.03. The van der Waals surface area contributed by atoms with Crippen molar-refractivity contribution in [2.75, 3.05) is 6.54 Å². The lowest BCUT2D eigenvalue weighted by molar-refractivity contribution is -0.128. The minimum Gasteiger partial charge on any atom is -0.469 e. The van der Waals surface area contributed by atoms with Crippen LogP contribution >= 0.6 is 0 Å². The smallest absolute Gasteiger partial charge is 0.271 e. The number of amides is 1. The SMILES string of the molecule is CC[C@@H](Oc1ccc(=O)n(-c2ccc(F)cc2)n1)C(=O)NCCc1ccco1. The molecule has 0 saturated heterocycles. The average molecular weight is 385 g/mol. The summed E-state index contributed by atoms with van der Waals surface area (Å²) in [4.78, 5) is 24.4. The highest BCUT2D eigenvalue weighted by Gasteiger charge is 2.19. The van der Waals surface area contributed by atoms with Crippen LogP contribution in [0.15, 0.2) is 64.0 Å². The molecular formula is C20H20FN3O4. The quantitative estimate of drug-likeness (QED) is 0.644. The Kier molecular flexibility index (Phi) is 6.21. The summed E-state index contributed by atoms with van der Waals surface area (Å²) in [6.07, 6.45) is 1.81. The molecule has 1 atom stereocenters. The number of nitrogens with one attached hydrogen (secondary N) is 1. The van der Waals surface area contributed by atoms with Gasteiger partial charge in [0.1, 0.15) is 11.6 Å². The molecule has 0 radical (unpaired) electrons. The number of aromatic nitrogens is 2. The van der Waals surface area contributed by atoms with Crippen LogP contribution in [0.4, 0.5) is 4.39 Å². The molecule has 0 aliphatic rings. The Labute approximate surface area is 160 Å². The van der Waals surface area contributed by atoms with E-state index in [1.165, 1.54) is 36.4 Å². The Bertz CT molecular complexity index is 968. The Morgan fingerprint density at radius 1 is 1.25 bits per heavy atom. The van der Waals surface area contributed by atoms with Gasteiger partial charge in [0.25, 0.3) is 11.5 Å². The highest BCUT2D eigenvalue weighted by molar-refractivity contribution is 5.81. The molecule has 8 heteroatoms. The van der Waals surface area contributed by atoms with E-state index in [0.29, 0.717) is 25.1 Å². The van der Waals surface area contributed by atoms with Crippen LogP contribution in [-0.2, 0) is 11.2 Å². The molecule has 0 spiro atoms. The first-order valence-electron chi connectivity index (χ1n) is 8.90. The number of nitrogens with zero attached hydrogens (tertiary/aromatic N) is 2. The first-order valence-corrected chi connectivity index (χ1v) is 8.90. The van der Waals surface area contributed by atoms with Gasteiger partial charge in [-0.05, 0) is 42.8 Å². The molecule has 2 heterocycles. The van der Waals surface area contributed by atoms with Gasteiger partial charge in [-0.25, -0.2) is 4.39 Å². The molecule has 0 bridgehead atoms. The molecule has 0 aliphatic heterocycles. The van der Waals surface area contributed by atoms with E-state index in [-0.39, 0.29) is 11.8 Å². The molecule has 1 aromatic carbocycles. The van der Waals surface area contributed by atoms with E-state index in [1.54, 1.807) is 12.3 Å². The Morgan fingerprint density at radius 2 is 2.04 bits per heavy atom. The van der Waals surface area contributed by atoms with Crippen LogP contribution in [-0.4, -0.2) is 28.3 Å². The summed E-state index contributed by atoms with van der Waals surface area (Å²) >= 11 is 0. The van der Waals surface area contributed by atoms with Gasteiger partial charge in [0.2, 0.25) is 5.88 Å². The third-order valence-electron chi connectivity index (χ3n) is 4.02. The number of halogens is 1. The Hall–Kier alpha value is -3.42. The zero-order valence-electron chi connectivity index (χ0n) is 15.3. The first-order chi connectivity index (χ1) is 13.6. The fourth-order valence-electron chi connectivity index (χ4n) is 2.57. The van der Waals surface area contributed by atoms with Crippen LogP contribution in [0.2, 0.25) is 0 Å². The minimum absolute atomic E-state index is 0.122. The van der Waals surface area contributed by atoms with E-state index in [2.05, 4.69) is 10.4 Å². The summed E-state index contributed by atoms with van der Waals surface area (Å²) in [6, 6.07) is 11.7. The van der Waals surface area contributed by atoms with Gasteiger partial charge in [-0.3, -0.25) is 9.59 Å². The van der Waals surface area contributed by atoms with Crippen LogP contribution < -0.4 is 15.6 Å². The maximum Gasteiger partial charge on any atom is 0.271 e. The molecule has 0 fully saturated rings. The number of hydrogen-bond donors (Lipinski definition) is 1. The lowest BCUT2D eigenvalue weighted by atomic mass is 10.2. The number of furan rings is 1. The number of hydrogen-bond acceptors (Lipinski definition) is 5. The average Bonchev–Trinajstić information content (AvgIpc) is 3.21. The lowest BCUT2D eigenvalue weighted by Crippen LogP contribution is -2.39. The molecule has 0 saturated carbocycles. The van der Waals surface area contributed by atoms with Crippen molar-refractivity contribution in [2.45, 2.75) is 25.9 Å². The van der Waals surface area contributed by atoms with Gasteiger partial charge in [0.05, 0.1) is 12.0 Å². The van der Waals surface area contributed by atoms with Crippen molar-refractivity contribution in [1.82, 2.24) is 15.1 Å². The molecule has 1 N–H and O–H groups in total. The first kappa shape index (κ1) is 19.3. The number of carbonyl (C=O) groups is 1. The molecule has 146 valence electrons. The standard InChI is InChI=1S/C20H20FN3O4/c1-2-17(20(26)22-12-11-16-4-3-13-27-16)28-18-9-10-19(25)24(23-18)15-7-5-14(21)6-8-15/h3-10,13,17H,2,11-12H2,1H3,(H,22,26)/t17-/m1/s1. The molecule has 1 amide bonds. The van der Waals surface area contributed by atoms with Crippen molar-refractivity contribution in [3.8, 4) is 11.6 Å². The van der Waals surface area contributed by atoms with Gasteiger partial charge in [-0.15, -0.1) is 5.10 Å². The third kappa shape index (κ3) is 4.85. The van der Waals surface area contributed by atoms with Gasteiger partial charge < -0.3 is 14.5 Å². The van der Waals surface area contributed by atoms with Crippen molar-refractivity contribution in [3.63, 3.8) is 0 Å². The van der Waals surface area contributed by atoms with E-state index in [9.17, 15) is 14.0 Å². The zero-order valence-corrected chi connectivity index (χ0v) is 15.3. The van der Waals surface area contributed by atoms with E-state index >= 15 is 0 Å². The van der Waals surface area contributed by atoms with Crippen molar-refractivity contribution in [2.24, 2.45) is 0 Å². The summed E-state index contributed by atoms with van der Waals surface area (Å²) in [5.74, 6) is 0.205. The third-order valence-corrected chi connectivity index (χ3v) is 4.02. The molecule has 28 heavy (non-hydrogen) atoms. The molecular weight excluding hydrogens is 365 g/mol. The highest BCUT2D eigenvalue weighted by atomic mass is 19.1. The second kappa shape index (κ2) is 8.98. The molecule has 7 nitrogen and oxygen atoms in total. The van der Waals surface area contributed by atoms with Crippen molar-refractivity contribution in [3.05, 3.63) is 76.7 Å². The fourth-order valence-corrected chi connectivity index (χ4v) is 2.57.